The first-order valence-corrected chi connectivity index (χ1v) is 4.44. The van der Waals surface area contributed by atoms with Gasteiger partial charge in [0.05, 0.1) is 0 Å². The zero-order chi connectivity index (χ0) is 10.6. The lowest BCUT2D eigenvalue weighted by atomic mass is 10.2. The Morgan fingerprint density at radius 1 is 1.79 bits per heavy atom. The highest BCUT2D eigenvalue weighted by atomic mass is 16.5. The third kappa shape index (κ3) is 2.32. The molecule has 1 aromatic rings. The first-order valence-electron chi connectivity index (χ1n) is 4.44. The standard InChI is InChI=1S/C9H14N2O3/c1-3-11-5-4-10-8(11)6-7(14-2)9(12)13/h4-5,7H,3,6H2,1-2H3,(H,12,13). The predicted octanol–water partition coefficient (Wildman–Crippen LogP) is 0.545. The van der Waals surface area contributed by atoms with Crippen molar-refractivity contribution in [2.75, 3.05) is 7.11 Å². The summed E-state index contributed by atoms with van der Waals surface area (Å²) in [7, 11) is 1.39. The summed E-state index contributed by atoms with van der Waals surface area (Å²) in [4.78, 5) is 14.8. The molecule has 5 heteroatoms. The number of methoxy groups -OCH3 is 1. The molecule has 0 saturated carbocycles. The Morgan fingerprint density at radius 3 is 3.00 bits per heavy atom. The van der Waals surface area contributed by atoms with Crippen LogP contribution in [-0.2, 0) is 22.5 Å². The zero-order valence-corrected chi connectivity index (χ0v) is 8.30. The number of nitrogens with zero attached hydrogens (tertiary/aromatic N) is 2. The monoisotopic (exact) mass is 198 g/mol. The smallest absolute Gasteiger partial charge is 0.333 e. The van der Waals surface area contributed by atoms with Gasteiger partial charge in [-0.15, -0.1) is 0 Å². The van der Waals surface area contributed by atoms with Gasteiger partial charge >= 0.3 is 5.97 Å². The molecule has 0 bridgehead atoms. The molecule has 0 aromatic carbocycles. The number of aromatic nitrogens is 2. The molecule has 0 aliphatic carbocycles. The number of carboxylic acid groups (broad SMARTS) is 1. The Kier molecular flexibility index (Phi) is 3.64. The largest absolute Gasteiger partial charge is 0.479 e. The van der Waals surface area contributed by atoms with E-state index < -0.39 is 12.1 Å². The van der Waals surface area contributed by atoms with Crippen LogP contribution in [0.3, 0.4) is 0 Å². The van der Waals surface area contributed by atoms with Crippen LogP contribution in [0, 0.1) is 0 Å². The number of carboxylic acids is 1. The highest BCUT2D eigenvalue weighted by Crippen LogP contribution is 2.04. The maximum absolute atomic E-state index is 10.7. The molecule has 1 atom stereocenters. The van der Waals surface area contributed by atoms with E-state index in [-0.39, 0.29) is 0 Å². The van der Waals surface area contributed by atoms with Gasteiger partial charge in [-0.3, -0.25) is 0 Å². The number of imidazole rings is 1. The van der Waals surface area contributed by atoms with Crippen molar-refractivity contribution in [2.45, 2.75) is 26.0 Å². The molecule has 1 aromatic heterocycles. The van der Waals surface area contributed by atoms with Crippen LogP contribution >= 0.6 is 0 Å². The molecule has 0 aliphatic rings. The van der Waals surface area contributed by atoms with Gasteiger partial charge in [-0.2, -0.15) is 0 Å². The molecule has 0 spiro atoms. The summed E-state index contributed by atoms with van der Waals surface area (Å²) in [6.45, 7) is 2.76. The van der Waals surface area contributed by atoms with E-state index in [9.17, 15) is 4.79 Å². The van der Waals surface area contributed by atoms with Gasteiger partial charge in [-0.1, -0.05) is 0 Å². The fraction of sp³-hybridized carbons (Fsp3) is 0.556. The topological polar surface area (TPSA) is 64.4 Å². The second kappa shape index (κ2) is 4.76. The van der Waals surface area contributed by atoms with Crippen molar-refractivity contribution in [3.05, 3.63) is 18.2 Å². The van der Waals surface area contributed by atoms with Crippen molar-refractivity contribution in [1.82, 2.24) is 9.55 Å². The lowest BCUT2D eigenvalue weighted by Gasteiger charge is -2.10. The van der Waals surface area contributed by atoms with E-state index in [4.69, 9.17) is 9.84 Å². The number of ether oxygens (including phenoxy) is 1. The van der Waals surface area contributed by atoms with Crippen molar-refractivity contribution < 1.29 is 14.6 Å². The summed E-state index contributed by atoms with van der Waals surface area (Å²) in [5.41, 5.74) is 0. The van der Waals surface area contributed by atoms with Crippen LogP contribution in [-0.4, -0.2) is 33.8 Å². The van der Waals surface area contributed by atoms with E-state index >= 15 is 0 Å². The fourth-order valence-corrected chi connectivity index (χ4v) is 1.26. The molecule has 0 amide bonds. The van der Waals surface area contributed by atoms with Crippen LogP contribution in [0.25, 0.3) is 0 Å². The summed E-state index contributed by atoms with van der Waals surface area (Å²) >= 11 is 0. The lowest BCUT2D eigenvalue weighted by molar-refractivity contribution is -0.148. The SMILES string of the molecule is CCn1ccnc1CC(OC)C(=O)O. The number of hydrogen-bond donors (Lipinski definition) is 1. The Hall–Kier alpha value is -1.36. The van der Waals surface area contributed by atoms with Crippen LogP contribution in [0.5, 0.6) is 0 Å². The maximum Gasteiger partial charge on any atom is 0.333 e. The zero-order valence-electron chi connectivity index (χ0n) is 8.30. The van der Waals surface area contributed by atoms with Crippen molar-refractivity contribution >= 4 is 5.97 Å². The number of rotatable bonds is 5. The van der Waals surface area contributed by atoms with Crippen LogP contribution in [0.15, 0.2) is 12.4 Å². The van der Waals surface area contributed by atoms with Crippen LogP contribution in [0.4, 0.5) is 0 Å². The molecule has 78 valence electrons. The van der Waals surface area contributed by atoms with E-state index in [1.165, 1.54) is 7.11 Å². The average Bonchev–Trinajstić information content (AvgIpc) is 2.60. The third-order valence-electron chi connectivity index (χ3n) is 2.07. The molecule has 5 nitrogen and oxygen atoms in total. The van der Waals surface area contributed by atoms with Crippen molar-refractivity contribution in [2.24, 2.45) is 0 Å². The van der Waals surface area contributed by atoms with Gasteiger partial charge in [0.15, 0.2) is 6.10 Å². The summed E-state index contributed by atoms with van der Waals surface area (Å²) < 4.78 is 6.73. The Bertz CT molecular complexity index is 309. The number of hydrogen-bond acceptors (Lipinski definition) is 3. The minimum absolute atomic E-state index is 0.298. The van der Waals surface area contributed by atoms with Gasteiger partial charge in [0.25, 0.3) is 0 Å². The highest BCUT2D eigenvalue weighted by molar-refractivity contribution is 5.72. The second-order valence-electron chi connectivity index (χ2n) is 2.90. The van der Waals surface area contributed by atoms with Gasteiger partial charge < -0.3 is 14.4 Å². The van der Waals surface area contributed by atoms with Gasteiger partial charge in [0.2, 0.25) is 0 Å². The van der Waals surface area contributed by atoms with Gasteiger partial charge in [0.1, 0.15) is 5.82 Å². The molecule has 1 unspecified atom stereocenters. The first-order chi connectivity index (χ1) is 6.69. The van der Waals surface area contributed by atoms with Crippen LogP contribution < -0.4 is 0 Å². The van der Waals surface area contributed by atoms with E-state index in [1.807, 2.05) is 17.7 Å². The molecule has 1 heterocycles. The Balaban J connectivity index is 2.71. The fourth-order valence-electron chi connectivity index (χ4n) is 1.26. The molecular formula is C9H14N2O3. The molecule has 1 rings (SSSR count). The van der Waals surface area contributed by atoms with E-state index in [0.29, 0.717) is 6.42 Å². The first kappa shape index (κ1) is 10.7. The predicted molar refractivity (Wildman–Crippen MR) is 50.0 cm³/mol. The van der Waals surface area contributed by atoms with Gasteiger partial charge in [-0.25, -0.2) is 9.78 Å². The van der Waals surface area contributed by atoms with Gasteiger partial charge in [0, 0.05) is 32.5 Å². The van der Waals surface area contributed by atoms with Crippen LogP contribution in [0.1, 0.15) is 12.7 Å². The summed E-state index contributed by atoms with van der Waals surface area (Å²) in [6, 6.07) is 0. The second-order valence-corrected chi connectivity index (χ2v) is 2.90. The molecule has 0 radical (unpaired) electrons. The van der Waals surface area contributed by atoms with Crippen molar-refractivity contribution in [1.29, 1.82) is 0 Å². The van der Waals surface area contributed by atoms with E-state index in [1.54, 1.807) is 6.20 Å². The highest BCUT2D eigenvalue weighted by Gasteiger charge is 2.19. The summed E-state index contributed by atoms with van der Waals surface area (Å²) in [6.07, 6.45) is 2.96. The molecule has 14 heavy (non-hydrogen) atoms. The normalized spacial score (nSPS) is 12.7. The molecule has 1 N–H and O–H groups in total. The quantitative estimate of drug-likeness (QED) is 0.750. The van der Waals surface area contributed by atoms with Crippen molar-refractivity contribution in [3.8, 4) is 0 Å². The Labute approximate surface area is 82.3 Å². The lowest BCUT2D eigenvalue weighted by Crippen LogP contribution is -2.26. The number of aliphatic carboxylic acids is 1. The number of carbonyl (C=O) groups is 1. The van der Waals surface area contributed by atoms with Crippen molar-refractivity contribution in [3.63, 3.8) is 0 Å². The average molecular weight is 198 g/mol. The molecule has 0 saturated heterocycles. The summed E-state index contributed by atoms with van der Waals surface area (Å²) in [5.74, 6) is -0.222. The summed E-state index contributed by atoms with van der Waals surface area (Å²) in [5, 5.41) is 8.77. The van der Waals surface area contributed by atoms with Crippen LogP contribution in [0.2, 0.25) is 0 Å². The van der Waals surface area contributed by atoms with E-state index in [2.05, 4.69) is 4.98 Å². The molecule has 0 fully saturated rings. The third-order valence-corrected chi connectivity index (χ3v) is 2.07. The van der Waals surface area contributed by atoms with Gasteiger partial charge in [-0.05, 0) is 6.92 Å². The number of aryl methyl sites for hydroxylation is 1. The molecule has 0 aliphatic heterocycles. The Morgan fingerprint density at radius 2 is 2.50 bits per heavy atom. The van der Waals surface area contributed by atoms with E-state index in [0.717, 1.165) is 12.4 Å². The molecular weight excluding hydrogens is 184 g/mol. The maximum atomic E-state index is 10.7. The minimum atomic E-state index is -0.960. The minimum Gasteiger partial charge on any atom is -0.479 e.